The minimum Gasteiger partial charge on any atom is -0.486 e. The summed E-state index contributed by atoms with van der Waals surface area (Å²) in [5.74, 6) is 0.872. The Morgan fingerprint density at radius 1 is 1.17 bits per heavy atom. The summed E-state index contributed by atoms with van der Waals surface area (Å²) in [4.78, 5) is 12.6. The average Bonchev–Trinajstić information content (AvgIpc) is 2.65. The van der Waals surface area contributed by atoms with Crippen LogP contribution in [-0.4, -0.2) is 40.3 Å². The van der Waals surface area contributed by atoms with E-state index in [4.69, 9.17) is 21.1 Å². The molecule has 0 aromatic heterocycles. The third-order valence-electron chi connectivity index (χ3n) is 4.56. The minimum absolute atomic E-state index is 0.337. The van der Waals surface area contributed by atoms with Crippen molar-refractivity contribution in [2.24, 2.45) is 0 Å². The summed E-state index contributed by atoms with van der Waals surface area (Å²) in [5.41, 5.74) is 1.91. The lowest BCUT2D eigenvalue weighted by Crippen LogP contribution is -2.41. The zero-order chi connectivity index (χ0) is 21.2. The number of rotatable bonds is 6. The maximum absolute atomic E-state index is 12.6. The first-order valence-corrected chi connectivity index (χ1v) is 11.3. The van der Waals surface area contributed by atoms with E-state index in [1.54, 1.807) is 31.2 Å². The predicted molar refractivity (Wildman–Crippen MR) is 112 cm³/mol. The quantitative estimate of drug-likeness (QED) is 0.749. The first kappa shape index (κ1) is 21.3. The molecule has 0 spiro atoms. The topological polar surface area (TPSA) is 84.9 Å². The number of carbonyl (C=O) groups is 1. The van der Waals surface area contributed by atoms with Crippen molar-refractivity contribution >= 4 is 33.2 Å². The molecule has 29 heavy (non-hydrogen) atoms. The van der Waals surface area contributed by atoms with Crippen LogP contribution in [-0.2, 0) is 14.8 Å². The molecular weight excluding hydrogens is 416 g/mol. The number of amides is 1. The molecule has 1 aliphatic heterocycles. The van der Waals surface area contributed by atoms with E-state index in [-0.39, 0.29) is 12.6 Å². The lowest BCUT2D eigenvalue weighted by molar-refractivity contribution is -0.120. The fraction of sp³-hybridized carbons (Fsp3) is 0.350. The van der Waals surface area contributed by atoms with Crippen LogP contribution in [0.5, 0.6) is 11.5 Å². The Hall–Kier alpha value is -2.45. The zero-order valence-electron chi connectivity index (χ0n) is 16.4. The average molecular weight is 439 g/mol. The van der Waals surface area contributed by atoms with Crippen molar-refractivity contribution in [1.82, 2.24) is 5.32 Å². The van der Waals surface area contributed by atoms with Crippen molar-refractivity contribution in [3.8, 4) is 11.5 Å². The Bertz CT molecular complexity index is 1030. The Kier molecular flexibility index (Phi) is 6.24. The molecule has 0 saturated heterocycles. The van der Waals surface area contributed by atoms with E-state index >= 15 is 0 Å². The summed E-state index contributed by atoms with van der Waals surface area (Å²) in [6.45, 7) is 4.21. The third kappa shape index (κ3) is 5.13. The predicted octanol–water partition coefficient (Wildman–Crippen LogP) is 3.06. The molecule has 1 aliphatic rings. The Balaban J connectivity index is 1.75. The molecule has 2 aromatic rings. The number of ether oxygens (including phenoxy) is 2. The van der Waals surface area contributed by atoms with Crippen LogP contribution < -0.4 is 19.1 Å². The van der Waals surface area contributed by atoms with Gasteiger partial charge in [0.05, 0.1) is 18.0 Å². The van der Waals surface area contributed by atoms with Crippen LogP contribution in [0, 0.1) is 6.92 Å². The van der Waals surface area contributed by atoms with Gasteiger partial charge in [-0.2, -0.15) is 0 Å². The second-order valence-electron chi connectivity index (χ2n) is 6.89. The van der Waals surface area contributed by atoms with Crippen molar-refractivity contribution in [3.05, 3.63) is 52.5 Å². The number of nitrogens with one attached hydrogen (secondary N) is 1. The molecule has 3 rings (SSSR count). The summed E-state index contributed by atoms with van der Waals surface area (Å²) in [6.07, 6.45) is 1.07. The molecule has 0 aliphatic carbocycles. The number of nitrogens with zero attached hydrogens (tertiary/aromatic N) is 1. The number of hydrogen-bond donors (Lipinski definition) is 1. The summed E-state index contributed by atoms with van der Waals surface area (Å²) >= 11 is 5.96. The highest BCUT2D eigenvalue weighted by molar-refractivity contribution is 7.92. The first-order chi connectivity index (χ1) is 13.6. The minimum atomic E-state index is -3.67. The fourth-order valence-corrected chi connectivity index (χ4v) is 4.25. The molecule has 0 unspecified atom stereocenters. The molecule has 0 radical (unpaired) electrons. The normalized spacial score (nSPS) is 14.2. The van der Waals surface area contributed by atoms with Crippen LogP contribution in [0.3, 0.4) is 0 Å². The van der Waals surface area contributed by atoms with E-state index in [0.29, 0.717) is 41.0 Å². The molecule has 9 heteroatoms. The van der Waals surface area contributed by atoms with Gasteiger partial charge in [0, 0.05) is 5.02 Å². The number of benzene rings is 2. The van der Waals surface area contributed by atoms with E-state index < -0.39 is 15.9 Å². The van der Waals surface area contributed by atoms with Gasteiger partial charge in [-0.05, 0) is 55.3 Å². The Morgan fingerprint density at radius 3 is 2.52 bits per heavy atom. The molecule has 2 aromatic carbocycles. The van der Waals surface area contributed by atoms with Gasteiger partial charge in [0.2, 0.25) is 15.9 Å². The van der Waals surface area contributed by atoms with Gasteiger partial charge in [-0.1, -0.05) is 17.7 Å². The van der Waals surface area contributed by atoms with E-state index in [9.17, 15) is 13.2 Å². The summed E-state index contributed by atoms with van der Waals surface area (Å²) < 4.78 is 36.8. The zero-order valence-corrected chi connectivity index (χ0v) is 18.0. The molecule has 0 saturated carbocycles. The van der Waals surface area contributed by atoms with Crippen LogP contribution in [0.25, 0.3) is 0 Å². The maximum Gasteiger partial charge on any atom is 0.241 e. The highest BCUT2D eigenvalue weighted by Crippen LogP contribution is 2.32. The van der Waals surface area contributed by atoms with Crippen LogP contribution >= 0.6 is 11.6 Å². The third-order valence-corrected chi connectivity index (χ3v) is 5.92. The van der Waals surface area contributed by atoms with E-state index in [1.165, 1.54) is 0 Å². The maximum atomic E-state index is 12.6. The van der Waals surface area contributed by atoms with Crippen LogP contribution in [0.4, 0.5) is 5.69 Å². The molecule has 156 valence electrons. The van der Waals surface area contributed by atoms with E-state index in [2.05, 4.69) is 5.32 Å². The van der Waals surface area contributed by atoms with Crippen LogP contribution in [0.1, 0.15) is 24.1 Å². The summed E-state index contributed by atoms with van der Waals surface area (Å²) in [5, 5.41) is 3.34. The molecular formula is C20H23ClN2O5S. The standard InChI is InChI=1S/C20H23ClN2O5S/c1-13-10-16(21)5-6-17(13)23(29(3,25)26)12-20(24)22-14(2)15-4-7-18-19(11-15)28-9-8-27-18/h4-7,10-11,14H,8-9,12H2,1-3H3,(H,22,24)/t14-/m1/s1. The van der Waals surface area contributed by atoms with Crippen LogP contribution in [0.2, 0.25) is 5.02 Å². The van der Waals surface area contributed by atoms with Crippen LogP contribution in [0.15, 0.2) is 36.4 Å². The van der Waals surface area contributed by atoms with Gasteiger partial charge in [0.1, 0.15) is 19.8 Å². The first-order valence-electron chi connectivity index (χ1n) is 9.08. The lowest BCUT2D eigenvalue weighted by Gasteiger charge is -2.25. The molecule has 1 heterocycles. The number of hydrogen-bond acceptors (Lipinski definition) is 5. The number of anilines is 1. The van der Waals surface area contributed by atoms with Crippen molar-refractivity contribution in [2.45, 2.75) is 19.9 Å². The monoisotopic (exact) mass is 438 g/mol. The van der Waals surface area contributed by atoms with E-state index in [1.807, 2.05) is 19.1 Å². The van der Waals surface area contributed by atoms with Gasteiger partial charge < -0.3 is 14.8 Å². The largest absolute Gasteiger partial charge is 0.486 e. The summed E-state index contributed by atoms with van der Waals surface area (Å²) in [6, 6.07) is 9.96. The van der Waals surface area contributed by atoms with Gasteiger partial charge in [-0.15, -0.1) is 0 Å². The van der Waals surface area contributed by atoms with Gasteiger partial charge in [0.25, 0.3) is 0 Å². The lowest BCUT2D eigenvalue weighted by atomic mass is 10.1. The van der Waals surface area contributed by atoms with Crippen molar-refractivity contribution in [1.29, 1.82) is 0 Å². The van der Waals surface area contributed by atoms with Gasteiger partial charge in [-0.25, -0.2) is 8.42 Å². The number of aryl methyl sites for hydroxylation is 1. The number of halogens is 1. The van der Waals surface area contributed by atoms with Crippen molar-refractivity contribution in [3.63, 3.8) is 0 Å². The van der Waals surface area contributed by atoms with Gasteiger partial charge in [0.15, 0.2) is 11.5 Å². The number of fused-ring (bicyclic) bond motifs is 1. The summed E-state index contributed by atoms with van der Waals surface area (Å²) in [7, 11) is -3.67. The highest BCUT2D eigenvalue weighted by atomic mass is 35.5. The molecule has 0 bridgehead atoms. The smallest absolute Gasteiger partial charge is 0.241 e. The Labute approximate surface area is 175 Å². The highest BCUT2D eigenvalue weighted by Gasteiger charge is 2.24. The molecule has 1 N–H and O–H groups in total. The van der Waals surface area contributed by atoms with Gasteiger partial charge in [-0.3, -0.25) is 9.10 Å². The van der Waals surface area contributed by atoms with E-state index in [0.717, 1.165) is 16.1 Å². The van der Waals surface area contributed by atoms with Crippen molar-refractivity contribution in [2.75, 3.05) is 30.3 Å². The second-order valence-corrected chi connectivity index (χ2v) is 9.24. The van der Waals surface area contributed by atoms with Gasteiger partial charge >= 0.3 is 0 Å². The second kappa shape index (κ2) is 8.51. The Morgan fingerprint density at radius 2 is 1.86 bits per heavy atom. The number of carbonyl (C=O) groups excluding carboxylic acids is 1. The SMILES string of the molecule is Cc1cc(Cl)ccc1N(CC(=O)N[C@H](C)c1ccc2c(c1)OCCO2)S(C)(=O)=O. The number of sulfonamides is 1. The molecule has 0 fully saturated rings. The molecule has 1 amide bonds. The fourth-order valence-electron chi connectivity index (χ4n) is 3.11. The molecule has 1 atom stereocenters. The van der Waals surface area contributed by atoms with Crippen molar-refractivity contribution < 1.29 is 22.7 Å². The molecule has 7 nitrogen and oxygen atoms in total.